The second-order valence-corrected chi connectivity index (χ2v) is 8.58. The largest absolute Gasteiger partial charge is 0.396 e. The van der Waals surface area contributed by atoms with Crippen molar-refractivity contribution in [2.24, 2.45) is 0 Å². The normalized spacial score (nSPS) is 19.8. The molecule has 1 aliphatic heterocycles. The summed E-state index contributed by atoms with van der Waals surface area (Å²) in [4.78, 5) is 15.1. The highest BCUT2D eigenvalue weighted by molar-refractivity contribution is 5.79. The lowest BCUT2D eigenvalue weighted by Gasteiger charge is -2.44. The van der Waals surface area contributed by atoms with Crippen molar-refractivity contribution < 1.29 is 18.7 Å². The number of piperidine rings is 1. The van der Waals surface area contributed by atoms with E-state index in [1.54, 1.807) is 24.3 Å². The molecule has 3 nitrogen and oxygen atoms in total. The Morgan fingerprint density at radius 1 is 0.906 bits per heavy atom. The van der Waals surface area contributed by atoms with Gasteiger partial charge in [0, 0.05) is 25.0 Å². The Hall–Kier alpha value is -3.05. The molecule has 1 heterocycles. The third-order valence-corrected chi connectivity index (χ3v) is 6.73. The molecule has 3 aromatic rings. The number of aliphatic hydroxyl groups is 1. The zero-order valence-corrected chi connectivity index (χ0v) is 18.1. The maximum atomic E-state index is 13.4. The van der Waals surface area contributed by atoms with Gasteiger partial charge >= 0.3 is 0 Å². The van der Waals surface area contributed by atoms with Crippen LogP contribution in [-0.4, -0.2) is 29.1 Å². The van der Waals surface area contributed by atoms with Crippen molar-refractivity contribution in [1.29, 1.82) is 0 Å². The molecule has 1 aliphatic rings. The molecule has 0 spiro atoms. The van der Waals surface area contributed by atoms with Crippen molar-refractivity contribution in [3.8, 4) is 11.1 Å². The number of benzene rings is 3. The zero-order chi connectivity index (χ0) is 22.7. The van der Waals surface area contributed by atoms with Gasteiger partial charge in [-0.1, -0.05) is 48.5 Å². The van der Waals surface area contributed by atoms with E-state index < -0.39 is 5.41 Å². The van der Waals surface area contributed by atoms with Crippen LogP contribution in [0.4, 0.5) is 8.78 Å². The summed E-state index contributed by atoms with van der Waals surface area (Å²) >= 11 is 0. The number of amides is 1. The summed E-state index contributed by atoms with van der Waals surface area (Å²) in [7, 11) is 0. The minimum Gasteiger partial charge on any atom is -0.396 e. The summed E-state index contributed by atoms with van der Waals surface area (Å²) in [6.07, 6.45) is 1.47. The van der Waals surface area contributed by atoms with Gasteiger partial charge in [-0.2, -0.15) is 0 Å². The van der Waals surface area contributed by atoms with Crippen LogP contribution in [0.5, 0.6) is 0 Å². The molecule has 5 heteroatoms. The van der Waals surface area contributed by atoms with Gasteiger partial charge in [0.05, 0.1) is 6.04 Å². The van der Waals surface area contributed by atoms with E-state index in [-0.39, 0.29) is 36.6 Å². The quantitative estimate of drug-likeness (QED) is 0.545. The first-order valence-corrected chi connectivity index (χ1v) is 10.9. The average molecular weight is 436 g/mol. The van der Waals surface area contributed by atoms with Crippen molar-refractivity contribution in [3.05, 3.63) is 95.6 Å². The maximum absolute atomic E-state index is 13.4. The lowest BCUT2D eigenvalue weighted by molar-refractivity contribution is -0.138. The van der Waals surface area contributed by atoms with Crippen LogP contribution in [0.1, 0.15) is 43.4 Å². The fourth-order valence-electron chi connectivity index (χ4n) is 4.75. The number of hydrogen-bond acceptors (Lipinski definition) is 2. The van der Waals surface area contributed by atoms with Gasteiger partial charge in [-0.15, -0.1) is 0 Å². The number of carbonyl (C=O) groups is 1. The Morgan fingerprint density at radius 3 is 1.97 bits per heavy atom. The topological polar surface area (TPSA) is 40.5 Å². The van der Waals surface area contributed by atoms with E-state index >= 15 is 0 Å². The third-order valence-electron chi connectivity index (χ3n) is 6.73. The number of nitrogens with zero attached hydrogens (tertiary/aromatic N) is 1. The van der Waals surface area contributed by atoms with E-state index in [1.807, 2.05) is 36.1 Å². The molecule has 32 heavy (non-hydrogen) atoms. The highest BCUT2D eigenvalue weighted by Crippen LogP contribution is 2.41. The van der Waals surface area contributed by atoms with Crippen LogP contribution in [0.2, 0.25) is 0 Å². The summed E-state index contributed by atoms with van der Waals surface area (Å²) in [5.41, 5.74) is 3.39. The smallest absolute Gasteiger partial charge is 0.223 e. The molecule has 0 aromatic heterocycles. The highest BCUT2D eigenvalue weighted by Gasteiger charge is 2.41. The van der Waals surface area contributed by atoms with Gasteiger partial charge in [-0.25, -0.2) is 8.78 Å². The van der Waals surface area contributed by atoms with Gasteiger partial charge in [-0.05, 0) is 66.3 Å². The molecule has 1 saturated heterocycles. The Labute approximate surface area is 187 Å². The van der Waals surface area contributed by atoms with Gasteiger partial charge < -0.3 is 10.0 Å². The summed E-state index contributed by atoms with van der Waals surface area (Å²) in [6.45, 7) is 2.56. The standard InChI is InChI=1S/C27H27F2NO2/c1-19(20-2-4-21(5-3-20)22-6-10-24(28)11-7-22)30-16-14-27(15-17-31,18-26(30)32)23-8-12-25(29)13-9-23/h2-13,19,31H,14-18H2,1H3/t19-,27?/m0/s1. The number of carbonyl (C=O) groups excluding carboxylic acids is 1. The first-order chi connectivity index (χ1) is 15.4. The molecule has 1 unspecified atom stereocenters. The third kappa shape index (κ3) is 4.44. The fourth-order valence-corrected chi connectivity index (χ4v) is 4.75. The molecule has 0 saturated carbocycles. The Balaban J connectivity index is 1.50. The first kappa shape index (κ1) is 22.2. The van der Waals surface area contributed by atoms with Crippen molar-refractivity contribution in [2.45, 2.75) is 37.6 Å². The zero-order valence-electron chi connectivity index (χ0n) is 18.1. The molecule has 0 bridgehead atoms. The van der Waals surface area contributed by atoms with E-state index in [4.69, 9.17) is 0 Å². The predicted molar refractivity (Wildman–Crippen MR) is 121 cm³/mol. The van der Waals surface area contributed by atoms with Crippen LogP contribution in [-0.2, 0) is 10.2 Å². The summed E-state index contributed by atoms with van der Waals surface area (Å²) < 4.78 is 26.6. The lowest BCUT2D eigenvalue weighted by atomic mass is 9.70. The van der Waals surface area contributed by atoms with Crippen molar-refractivity contribution in [3.63, 3.8) is 0 Å². The van der Waals surface area contributed by atoms with Crippen LogP contribution in [0.3, 0.4) is 0 Å². The van der Waals surface area contributed by atoms with Gasteiger partial charge in [0.1, 0.15) is 11.6 Å². The fraction of sp³-hybridized carbons (Fsp3) is 0.296. The predicted octanol–water partition coefficient (Wildman–Crippen LogP) is 5.64. The molecule has 0 radical (unpaired) electrons. The second kappa shape index (κ2) is 9.21. The van der Waals surface area contributed by atoms with Crippen LogP contribution >= 0.6 is 0 Å². The van der Waals surface area contributed by atoms with E-state index in [9.17, 15) is 18.7 Å². The minimum atomic E-state index is -0.470. The molecule has 1 amide bonds. The van der Waals surface area contributed by atoms with Crippen LogP contribution in [0, 0.1) is 11.6 Å². The van der Waals surface area contributed by atoms with E-state index in [1.165, 1.54) is 24.3 Å². The minimum absolute atomic E-state index is 0.0228. The number of halogens is 2. The first-order valence-electron chi connectivity index (χ1n) is 10.9. The Morgan fingerprint density at radius 2 is 1.44 bits per heavy atom. The Bertz CT molecular complexity index is 1060. The van der Waals surface area contributed by atoms with Gasteiger partial charge in [-0.3, -0.25) is 4.79 Å². The average Bonchev–Trinajstić information content (AvgIpc) is 2.80. The number of rotatable bonds is 6. The molecular formula is C27H27F2NO2. The SMILES string of the molecule is C[C@@H](c1ccc(-c2ccc(F)cc2)cc1)N1CCC(CCO)(c2ccc(F)cc2)CC1=O. The summed E-state index contributed by atoms with van der Waals surface area (Å²) in [5, 5.41) is 9.65. The summed E-state index contributed by atoms with van der Waals surface area (Å²) in [6, 6.07) is 20.6. The second-order valence-electron chi connectivity index (χ2n) is 8.58. The van der Waals surface area contributed by atoms with E-state index in [2.05, 4.69) is 0 Å². The summed E-state index contributed by atoms with van der Waals surface area (Å²) in [5.74, 6) is -0.543. The number of aliphatic hydroxyl groups excluding tert-OH is 1. The molecule has 4 rings (SSSR count). The Kier molecular flexibility index (Phi) is 6.38. The highest BCUT2D eigenvalue weighted by atomic mass is 19.1. The monoisotopic (exact) mass is 435 g/mol. The molecule has 166 valence electrons. The van der Waals surface area contributed by atoms with Crippen LogP contribution < -0.4 is 0 Å². The van der Waals surface area contributed by atoms with Gasteiger partial charge in [0.25, 0.3) is 0 Å². The van der Waals surface area contributed by atoms with Crippen molar-refractivity contribution in [1.82, 2.24) is 4.90 Å². The molecule has 1 N–H and O–H groups in total. The van der Waals surface area contributed by atoms with Gasteiger partial charge in [0.15, 0.2) is 0 Å². The molecule has 2 atom stereocenters. The van der Waals surface area contributed by atoms with E-state index in [0.29, 0.717) is 19.4 Å². The molecule has 3 aromatic carbocycles. The van der Waals surface area contributed by atoms with Crippen molar-refractivity contribution >= 4 is 5.91 Å². The van der Waals surface area contributed by atoms with Crippen molar-refractivity contribution in [2.75, 3.05) is 13.2 Å². The number of likely N-dealkylation sites (tertiary alicyclic amines) is 1. The van der Waals surface area contributed by atoms with Crippen LogP contribution in [0.15, 0.2) is 72.8 Å². The van der Waals surface area contributed by atoms with E-state index in [0.717, 1.165) is 22.3 Å². The van der Waals surface area contributed by atoms with Gasteiger partial charge in [0.2, 0.25) is 5.91 Å². The van der Waals surface area contributed by atoms with Crippen LogP contribution in [0.25, 0.3) is 11.1 Å². The molecular weight excluding hydrogens is 408 g/mol. The maximum Gasteiger partial charge on any atom is 0.223 e. The number of hydrogen-bond donors (Lipinski definition) is 1. The lowest BCUT2D eigenvalue weighted by Crippen LogP contribution is -2.47. The molecule has 0 aliphatic carbocycles. The molecule has 1 fully saturated rings.